The summed E-state index contributed by atoms with van der Waals surface area (Å²) in [5.41, 5.74) is 0. The molecule has 0 aromatic heterocycles. The van der Waals surface area contributed by atoms with Crippen LogP contribution >= 0.6 is 0 Å². The molecule has 7 heteroatoms. The molecule has 0 unspecified atom stereocenters. The van der Waals surface area contributed by atoms with Crippen LogP contribution in [0.3, 0.4) is 0 Å². The Morgan fingerprint density at radius 3 is 2.33 bits per heavy atom. The number of carbonyl (C=O) groups excluding carboxylic acids is 3. The zero-order valence-corrected chi connectivity index (χ0v) is 17.3. The molecule has 3 N–H and O–H groups in total. The third-order valence-electron chi connectivity index (χ3n) is 4.84. The number of ether oxygens (including phenoxy) is 1. The molecule has 0 saturated carbocycles. The van der Waals surface area contributed by atoms with Crippen LogP contribution in [0.25, 0.3) is 0 Å². The molecule has 156 valence electrons. The lowest BCUT2D eigenvalue weighted by molar-refractivity contribution is -0.162. The first-order valence-corrected chi connectivity index (χ1v) is 10.1. The van der Waals surface area contributed by atoms with Crippen LogP contribution in [-0.2, 0) is 19.1 Å². The number of aliphatic hydroxyl groups excluding tert-OH is 1. The van der Waals surface area contributed by atoms with Crippen LogP contribution in [0.4, 0.5) is 0 Å². The fourth-order valence-electron chi connectivity index (χ4n) is 3.19. The number of nitrogens with one attached hydrogen (secondary N) is 2. The van der Waals surface area contributed by atoms with Crippen molar-refractivity contribution in [3.63, 3.8) is 0 Å². The molecule has 0 aromatic carbocycles. The van der Waals surface area contributed by atoms with E-state index in [-0.39, 0.29) is 24.3 Å². The molecule has 0 spiro atoms. The summed E-state index contributed by atoms with van der Waals surface area (Å²) in [5.74, 6) is -2.14. The molecule has 0 aliphatic carbocycles. The van der Waals surface area contributed by atoms with Crippen LogP contribution < -0.4 is 10.6 Å². The summed E-state index contributed by atoms with van der Waals surface area (Å²) in [5, 5.41) is 16.6. The molecule has 1 fully saturated rings. The minimum Gasteiger partial charge on any atom is -0.454 e. The lowest BCUT2D eigenvalue weighted by atomic mass is 9.93. The van der Waals surface area contributed by atoms with E-state index >= 15 is 0 Å². The molecule has 0 radical (unpaired) electrons. The third-order valence-corrected chi connectivity index (χ3v) is 4.84. The Hall–Kier alpha value is -1.47. The topological polar surface area (TPSA) is 105 Å². The molecule has 0 aromatic rings. The highest BCUT2D eigenvalue weighted by molar-refractivity contribution is 6.03. The van der Waals surface area contributed by atoms with E-state index in [0.717, 1.165) is 19.3 Å². The van der Waals surface area contributed by atoms with Crippen LogP contribution in [0.5, 0.6) is 0 Å². The van der Waals surface area contributed by atoms with Crippen LogP contribution in [0.15, 0.2) is 0 Å². The van der Waals surface area contributed by atoms with E-state index in [4.69, 9.17) is 4.74 Å². The molecule has 1 aliphatic heterocycles. The average molecular weight is 385 g/mol. The van der Waals surface area contributed by atoms with Gasteiger partial charge in [0, 0.05) is 12.6 Å². The number of carbonyl (C=O) groups is 3. The van der Waals surface area contributed by atoms with Gasteiger partial charge in [-0.2, -0.15) is 0 Å². The zero-order chi connectivity index (χ0) is 20.6. The molecule has 4 atom stereocenters. The van der Waals surface area contributed by atoms with Gasteiger partial charge in [-0.05, 0) is 44.6 Å². The van der Waals surface area contributed by atoms with Crippen molar-refractivity contribution in [3.05, 3.63) is 0 Å². The third kappa shape index (κ3) is 7.97. The van der Waals surface area contributed by atoms with Crippen molar-refractivity contribution in [3.8, 4) is 0 Å². The summed E-state index contributed by atoms with van der Waals surface area (Å²) >= 11 is 0. The number of cyclic esters (lactones) is 1. The fourth-order valence-corrected chi connectivity index (χ4v) is 3.19. The van der Waals surface area contributed by atoms with Gasteiger partial charge in [0.05, 0.1) is 18.4 Å². The molecule has 1 heterocycles. The Morgan fingerprint density at radius 1 is 1.11 bits per heavy atom. The number of esters is 1. The minimum atomic E-state index is -0.993. The number of hydrogen-bond donors (Lipinski definition) is 3. The van der Waals surface area contributed by atoms with E-state index in [9.17, 15) is 19.5 Å². The number of amides is 1. The van der Waals surface area contributed by atoms with Crippen LogP contribution in [0.1, 0.15) is 60.3 Å². The molecule has 1 amide bonds. The van der Waals surface area contributed by atoms with Gasteiger partial charge in [0.15, 0.2) is 11.9 Å². The van der Waals surface area contributed by atoms with Gasteiger partial charge in [-0.3, -0.25) is 14.4 Å². The van der Waals surface area contributed by atoms with Crippen molar-refractivity contribution in [1.82, 2.24) is 10.6 Å². The van der Waals surface area contributed by atoms with Gasteiger partial charge in [0.1, 0.15) is 0 Å². The van der Waals surface area contributed by atoms with Crippen LogP contribution in [-0.4, -0.2) is 54.1 Å². The van der Waals surface area contributed by atoms with Crippen LogP contribution in [0, 0.1) is 17.8 Å². The highest BCUT2D eigenvalue weighted by Gasteiger charge is 2.34. The van der Waals surface area contributed by atoms with Crippen molar-refractivity contribution >= 4 is 17.7 Å². The smallest absolute Gasteiger partial charge is 0.309 e. The van der Waals surface area contributed by atoms with Gasteiger partial charge in [-0.25, -0.2) is 0 Å². The van der Waals surface area contributed by atoms with Gasteiger partial charge in [-0.15, -0.1) is 0 Å². The fraction of sp³-hybridized carbons (Fsp3) is 0.850. The standard InChI is InChI=1S/C20H36N2O5/c1-12(2)10-15-16(23)11-17(24)27-19(13(3)4)18(25)14(5)20(26)22-9-7-6-8-21-15/h12-16,19,21,23H,6-11H2,1-5H3,(H,22,26)/t14-,15+,16-,19-/m0/s1. The molecule has 27 heavy (non-hydrogen) atoms. The van der Waals surface area contributed by atoms with E-state index in [1.54, 1.807) is 13.8 Å². The molecule has 1 saturated heterocycles. The molecule has 1 aliphatic rings. The van der Waals surface area contributed by atoms with Gasteiger partial charge < -0.3 is 20.5 Å². The SMILES string of the molecule is CC(C)C[C@H]1NCCCCNC(=O)[C@@H](C)C(=O)[C@H](C(C)C)OC(=O)C[C@@H]1O. The summed E-state index contributed by atoms with van der Waals surface area (Å²) < 4.78 is 5.39. The van der Waals surface area contributed by atoms with Crippen LogP contribution in [0.2, 0.25) is 0 Å². The van der Waals surface area contributed by atoms with Gasteiger partial charge >= 0.3 is 5.97 Å². The Bertz CT molecular complexity index is 507. The Kier molecular flexibility index (Phi) is 9.94. The highest BCUT2D eigenvalue weighted by atomic mass is 16.5. The average Bonchev–Trinajstić information content (AvgIpc) is 2.58. The summed E-state index contributed by atoms with van der Waals surface area (Å²) in [4.78, 5) is 37.2. The molecule has 0 bridgehead atoms. The highest BCUT2D eigenvalue weighted by Crippen LogP contribution is 2.17. The van der Waals surface area contributed by atoms with Gasteiger partial charge in [0.25, 0.3) is 0 Å². The second-order valence-corrected chi connectivity index (χ2v) is 8.24. The minimum absolute atomic E-state index is 0.179. The van der Waals surface area contributed by atoms with Crippen molar-refractivity contribution in [2.75, 3.05) is 13.1 Å². The lowest BCUT2D eigenvalue weighted by Crippen LogP contribution is -2.44. The van der Waals surface area contributed by atoms with Crippen molar-refractivity contribution in [2.45, 2.75) is 78.6 Å². The zero-order valence-electron chi connectivity index (χ0n) is 17.3. The Morgan fingerprint density at radius 2 is 1.74 bits per heavy atom. The summed E-state index contributed by atoms with van der Waals surface area (Å²) in [6.45, 7) is 10.4. The Labute approximate surface area is 162 Å². The van der Waals surface area contributed by atoms with Gasteiger partial charge in [0.2, 0.25) is 5.91 Å². The van der Waals surface area contributed by atoms with Crippen molar-refractivity contribution in [2.24, 2.45) is 17.8 Å². The van der Waals surface area contributed by atoms with E-state index in [0.29, 0.717) is 19.0 Å². The van der Waals surface area contributed by atoms with Gasteiger partial charge in [-0.1, -0.05) is 27.7 Å². The monoisotopic (exact) mass is 384 g/mol. The first-order chi connectivity index (χ1) is 12.6. The van der Waals surface area contributed by atoms with E-state index in [1.165, 1.54) is 6.92 Å². The number of hydrogen-bond acceptors (Lipinski definition) is 6. The van der Waals surface area contributed by atoms with E-state index in [2.05, 4.69) is 24.5 Å². The summed E-state index contributed by atoms with van der Waals surface area (Å²) in [7, 11) is 0. The number of aliphatic hydroxyl groups is 1. The first kappa shape index (κ1) is 23.6. The number of rotatable bonds is 3. The lowest BCUT2D eigenvalue weighted by Gasteiger charge is -2.27. The normalized spacial score (nSPS) is 29.9. The quantitative estimate of drug-likeness (QED) is 0.502. The summed E-state index contributed by atoms with van der Waals surface area (Å²) in [6, 6.07) is -0.218. The summed E-state index contributed by atoms with van der Waals surface area (Å²) in [6.07, 6.45) is 0.268. The predicted octanol–water partition coefficient (Wildman–Crippen LogP) is 1.42. The van der Waals surface area contributed by atoms with Crippen molar-refractivity contribution in [1.29, 1.82) is 0 Å². The number of Topliss-reactive ketones (excluding diaryl/α,β-unsaturated/α-hetero) is 1. The second kappa shape index (κ2) is 11.4. The predicted molar refractivity (Wildman–Crippen MR) is 103 cm³/mol. The van der Waals surface area contributed by atoms with Crippen molar-refractivity contribution < 1.29 is 24.2 Å². The maximum Gasteiger partial charge on any atom is 0.309 e. The molecular weight excluding hydrogens is 348 g/mol. The second-order valence-electron chi connectivity index (χ2n) is 8.24. The maximum atomic E-state index is 12.7. The molecule has 7 nitrogen and oxygen atoms in total. The first-order valence-electron chi connectivity index (χ1n) is 10.1. The Balaban J connectivity index is 2.96. The van der Waals surface area contributed by atoms with E-state index < -0.39 is 29.9 Å². The largest absolute Gasteiger partial charge is 0.454 e. The van der Waals surface area contributed by atoms with E-state index in [1.807, 2.05) is 0 Å². The number of ketones is 1. The maximum absolute atomic E-state index is 12.7. The molecular formula is C20H36N2O5. The molecule has 1 rings (SSSR count).